The van der Waals surface area contributed by atoms with E-state index < -0.39 is 5.97 Å². The maximum Gasteiger partial charge on any atom is 0.320 e. The third kappa shape index (κ3) is 1.99. The Labute approximate surface area is 95.0 Å². The van der Waals surface area contributed by atoms with E-state index in [0.29, 0.717) is 19.1 Å². The molecular formula is C11H18N2O3. The highest BCUT2D eigenvalue weighted by molar-refractivity contribution is 5.80. The van der Waals surface area contributed by atoms with E-state index in [0.717, 1.165) is 19.4 Å². The molecule has 0 radical (unpaired) electrons. The minimum atomic E-state index is -0.796. The molecule has 0 saturated carbocycles. The number of hydrogen-bond donors (Lipinski definition) is 1. The number of likely N-dealkylation sites (tertiary alicyclic amines) is 2. The van der Waals surface area contributed by atoms with Gasteiger partial charge in [-0.05, 0) is 26.2 Å². The molecule has 5 nitrogen and oxygen atoms in total. The maximum absolute atomic E-state index is 12.0. The fourth-order valence-corrected chi connectivity index (χ4v) is 2.35. The van der Waals surface area contributed by atoms with Crippen molar-refractivity contribution in [2.45, 2.75) is 32.2 Å². The predicted molar refractivity (Wildman–Crippen MR) is 58.1 cm³/mol. The topological polar surface area (TPSA) is 60.9 Å². The van der Waals surface area contributed by atoms with Crippen LogP contribution in [0.3, 0.4) is 0 Å². The molecule has 2 fully saturated rings. The van der Waals surface area contributed by atoms with E-state index in [1.54, 1.807) is 4.90 Å². The van der Waals surface area contributed by atoms with E-state index in [2.05, 4.69) is 6.92 Å². The molecule has 16 heavy (non-hydrogen) atoms. The quantitative estimate of drug-likeness (QED) is 0.725. The van der Waals surface area contributed by atoms with Crippen LogP contribution < -0.4 is 0 Å². The second-order valence-electron chi connectivity index (χ2n) is 4.76. The second-order valence-corrected chi connectivity index (χ2v) is 4.76. The van der Waals surface area contributed by atoms with Crippen LogP contribution in [-0.4, -0.2) is 52.6 Å². The zero-order chi connectivity index (χ0) is 11.7. The van der Waals surface area contributed by atoms with E-state index >= 15 is 0 Å². The molecular weight excluding hydrogens is 208 g/mol. The van der Waals surface area contributed by atoms with Gasteiger partial charge in [-0.3, -0.25) is 4.79 Å². The molecule has 2 amide bonds. The SMILES string of the molecule is CC1CCCCN1C(=O)N1CC(C(=O)O)C1. The van der Waals surface area contributed by atoms with Gasteiger partial charge in [0.15, 0.2) is 0 Å². The number of carboxylic acid groups (broad SMARTS) is 1. The summed E-state index contributed by atoms with van der Waals surface area (Å²) in [5.74, 6) is -1.15. The fourth-order valence-electron chi connectivity index (χ4n) is 2.35. The lowest BCUT2D eigenvalue weighted by Gasteiger charge is -2.43. The van der Waals surface area contributed by atoms with Crippen molar-refractivity contribution < 1.29 is 14.7 Å². The van der Waals surface area contributed by atoms with Gasteiger partial charge < -0.3 is 14.9 Å². The molecule has 5 heteroatoms. The second kappa shape index (κ2) is 4.31. The lowest BCUT2D eigenvalue weighted by Crippen LogP contribution is -2.59. The number of rotatable bonds is 1. The van der Waals surface area contributed by atoms with Gasteiger partial charge in [-0.2, -0.15) is 0 Å². The number of amides is 2. The van der Waals surface area contributed by atoms with Crippen molar-refractivity contribution in [1.82, 2.24) is 9.80 Å². The lowest BCUT2D eigenvalue weighted by atomic mass is 10.00. The molecule has 0 aromatic carbocycles. The molecule has 2 aliphatic rings. The van der Waals surface area contributed by atoms with Crippen molar-refractivity contribution in [3.8, 4) is 0 Å². The molecule has 0 aromatic heterocycles. The summed E-state index contributed by atoms with van der Waals surface area (Å²) in [6.07, 6.45) is 3.30. The average Bonchev–Trinajstić information content (AvgIpc) is 2.15. The van der Waals surface area contributed by atoms with Crippen LogP contribution in [0.5, 0.6) is 0 Å². The summed E-state index contributed by atoms with van der Waals surface area (Å²) >= 11 is 0. The van der Waals surface area contributed by atoms with E-state index in [4.69, 9.17) is 5.11 Å². The summed E-state index contributed by atoms with van der Waals surface area (Å²) < 4.78 is 0. The minimum absolute atomic E-state index is 0.0182. The zero-order valence-corrected chi connectivity index (χ0v) is 9.56. The molecule has 0 aliphatic carbocycles. The van der Waals surface area contributed by atoms with Crippen LogP contribution >= 0.6 is 0 Å². The first-order valence-corrected chi connectivity index (χ1v) is 5.88. The predicted octanol–water partition coefficient (Wildman–Crippen LogP) is 0.997. The Morgan fingerprint density at radius 2 is 1.94 bits per heavy atom. The molecule has 2 heterocycles. The van der Waals surface area contributed by atoms with Crippen molar-refractivity contribution in [2.75, 3.05) is 19.6 Å². The highest BCUT2D eigenvalue weighted by atomic mass is 16.4. The van der Waals surface area contributed by atoms with Crippen molar-refractivity contribution in [1.29, 1.82) is 0 Å². The molecule has 1 unspecified atom stereocenters. The van der Waals surface area contributed by atoms with Gasteiger partial charge >= 0.3 is 12.0 Å². The lowest BCUT2D eigenvalue weighted by molar-refractivity contribution is -0.146. The molecule has 2 aliphatic heterocycles. The Morgan fingerprint density at radius 3 is 2.50 bits per heavy atom. The van der Waals surface area contributed by atoms with Gasteiger partial charge in [0.25, 0.3) is 0 Å². The molecule has 0 aromatic rings. The Balaban J connectivity index is 1.86. The van der Waals surface area contributed by atoms with Crippen LogP contribution in [0, 0.1) is 5.92 Å². The Hall–Kier alpha value is -1.26. The number of urea groups is 1. The number of hydrogen-bond acceptors (Lipinski definition) is 2. The third-order valence-corrected chi connectivity index (χ3v) is 3.55. The van der Waals surface area contributed by atoms with Gasteiger partial charge in [0.1, 0.15) is 0 Å². The van der Waals surface area contributed by atoms with Crippen LogP contribution in [0.1, 0.15) is 26.2 Å². The van der Waals surface area contributed by atoms with Gasteiger partial charge in [-0.25, -0.2) is 4.79 Å². The monoisotopic (exact) mass is 226 g/mol. The molecule has 1 atom stereocenters. The van der Waals surface area contributed by atoms with E-state index in [9.17, 15) is 9.59 Å². The number of nitrogens with zero attached hydrogens (tertiary/aromatic N) is 2. The first kappa shape index (κ1) is 11.2. The molecule has 1 N–H and O–H groups in total. The summed E-state index contributed by atoms with van der Waals surface area (Å²) in [5.41, 5.74) is 0. The van der Waals surface area contributed by atoms with Gasteiger partial charge in [-0.1, -0.05) is 0 Å². The average molecular weight is 226 g/mol. The van der Waals surface area contributed by atoms with E-state index in [1.807, 2.05) is 4.90 Å². The van der Waals surface area contributed by atoms with Crippen molar-refractivity contribution in [3.05, 3.63) is 0 Å². The minimum Gasteiger partial charge on any atom is -0.481 e. The smallest absolute Gasteiger partial charge is 0.320 e. The summed E-state index contributed by atoms with van der Waals surface area (Å²) in [4.78, 5) is 26.2. The molecule has 2 rings (SSSR count). The number of carboxylic acids is 1. The van der Waals surface area contributed by atoms with E-state index in [1.165, 1.54) is 6.42 Å². The van der Waals surface area contributed by atoms with Crippen LogP contribution in [-0.2, 0) is 4.79 Å². The molecule has 2 saturated heterocycles. The van der Waals surface area contributed by atoms with Crippen LogP contribution in [0.15, 0.2) is 0 Å². The van der Waals surface area contributed by atoms with Crippen molar-refractivity contribution in [3.63, 3.8) is 0 Å². The number of carbonyl (C=O) groups is 2. The van der Waals surface area contributed by atoms with Crippen LogP contribution in [0.25, 0.3) is 0 Å². The Kier molecular flexibility index (Phi) is 3.03. The number of piperidine rings is 1. The summed E-state index contributed by atoms with van der Waals surface area (Å²) in [6.45, 7) is 3.62. The summed E-state index contributed by atoms with van der Waals surface area (Å²) in [7, 11) is 0. The fraction of sp³-hybridized carbons (Fsp3) is 0.818. The van der Waals surface area contributed by atoms with Crippen molar-refractivity contribution >= 4 is 12.0 Å². The number of aliphatic carboxylic acids is 1. The number of carbonyl (C=O) groups excluding carboxylic acids is 1. The Bertz CT molecular complexity index is 300. The van der Waals surface area contributed by atoms with Crippen LogP contribution in [0.2, 0.25) is 0 Å². The largest absolute Gasteiger partial charge is 0.481 e. The first-order valence-electron chi connectivity index (χ1n) is 5.88. The first-order chi connectivity index (χ1) is 7.59. The molecule has 0 bridgehead atoms. The normalized spacial score (nSPS) is 26.4. The summed E-state index contributed by atoms with van der Waals surface area (Å²) in [5, 5.41) is 8.74. The zero-order valence-electron chi connectivity index (χ0n) is 9.56. The highest BCUT2D eigenvalue weighted by Gasteiger charge is 2.38. The van der Waals surface area contributed by atoms with Gasteiger partial charge in [-0.15, -0.1) is 0 Å². The standard InChI is InChI=1S/C11H18N2O3/c1-8-4-2-3-5-13(8)11(16)12-6-9(7-12)10(14)15/h8-9H,2-7H2,1H3,(H,14,15). The third-order valence-electron chi connectivity index (χ3n) is 3.55. The molecule has 0 spiro atoms. The summed E-state index contributed by atoms with van der Waals surface area (Å²) in [6, 6.07) is 0.315. The highest BCUT2D eigenvalue weighted by Crippen LogP contribution is 2.22. The van der Waals surface area contributed by atoms with Gasteiger partial charge in [0, 0.05) is 25.7 Å². The van der Waals surface area contributed by atoms with Crippen molar-refractivity contribution in [2.24, 2.45) is 5.92 Å². The molecule has 90 valence electrons. The van der Waals surface area contributed by atoms with Crippen LogP contribution in [0.4, 0.5) is 4.79 Å². The van der Waals surface area contributed by atoms with Gasteiger partial charge in [0.05, 0.1) is 5.92 Å². The van der Waals surface area contributed by atoms with E-state index in [-0.39, 0.29) is 11.9 Å². The Morgan fingerprint density at radius 1 is 1.25 bits per heavy atom. The maximum atomic E-state index is 12.0. The van der Waals surface area contributed by atoms with Gasteiger partial charge in [0.2, 0.25) is 0 Å².